The van der Waals surface area contributed by atoms with E-state index in [2.05, 4.69) is 0 Å². The van der Waals surface area contributed by atoms with Gasteiger partial charge in [-0.2, -0.15) is 8.78 Å². The lowest BCUT2D eigenvalue weighted by Crippen LogP contribution is -2.15. The molecule has 0 aromatic rings. The molecule has 0 aliphatic heterocycles. The Hall–Kier alpha value is -0.185. The minimum Gasteiger partial charge on any atom is -0.334 e. The molecule has 0 bridgehead atoms. The second-order valence-electron chi connectivity index (χ2n) is 0.799. The number of hydrogen-bond acceptors (Lipinski definition) is 1. The van der Waals surface area contributed by atoms with Gasteiger partial charge in [-0.3, -0.25) is 0 Å². The summed E-state index contributed by atoms with van der Waals surface area (Å²) in [6.07, 6.45) is -4.12. The van der Waals surface area contributed by atoms with Gasteiger partial charge in [-0.25, -0.2) is 4.39 Å². The van der Waals surface area contributed by atoms with Gasteiger partial charge in [-0.05, 0) is 0 Å². The topological polar surface area (TPSA) is 20.2 Å². The van der Waals surface area contributed by atoms with Crippen LogP contribution in [0.2, 0.25) is 0 Å². The molecule has 0 aliphatic rings. The van der Waals surface area contributed by atoms with Crippen LogP contribution in [-0.2, 0) is 0 Å². The van der Waals surface area contributed by atoms with Crippen molar-refractivity contribution in [2.45, 2.75) is 6.11 Å². The van der Waals surface area contributed by atoms with Gasteiger partial charge in [0.15, 0.2) is 6.67 Å². The summed E-state index contributed by atoms with van der Waals surface area (Å²) in [5.41, 5.74) is 0. The molecule has 0 rings (SSSR count). The van der Waals surface area contributed by atoms with Crippen molar-refractivity contribution in [3.63, 3.8) is 0 Å². The zero-order chi connectivity index (χ0) is 5.21. The van der Waals surface area contributed by atoms with Gasteiger partial charge >= 0.3 is 6.11 Å². The van der Waals surface area contributed by atoms with Crippen LogP contribution in [0.4, 0.5) is 13.2 Å². The smallest absolute Gasteiger partial charge is 0.334 e. The first-order valence-electron chi connectivity index (χ1n) is 1.22. The van der Waals surface area contributed by atoms with E-state index in [1.165, 1.54) is 0 Å². The summed E-state index contributed by atoms with van der Waals surface area (Å²) >= 11 is 0. The second-order valence-corrected chi connectivity index (χ2v) is 0.799. The van der Waals surface area contributed by atoms with Gasteiger partial charge in [0.1, 0.15) is 0 Å². The first-order chi connectivity index (χ1) is 2.56. The van der Waals surface area contributed by atoms with E-state index in [0.717, 1.165) is 0 Å². The summed E-state index contributed by atoms with van der Waals surface area (Å²) in [4.78, 5) is 0. The number of alkyl halides is 3. The standard InChI is InChI=1S/C2H3F3O.BH3/c3-1-2(4,5)6;/h6H,1H2;1H3. The maximum absolute atomic E-state index is 10.6. The number of rotatable bonds is 1. The summed E-state index contributed by atoms with van der Waals surface area (Å²) in [5, 5.41) is 7.12. The van der Waals surface area contributed by atoms with Crippen LogP contribution >= 0.6 is 0 Å². The van der Waals surface area contributed by atoms with E-state index >= 15 is 0 Å². The van der Waals surface area contributed by atoms with Crippen LogP contribution < -0.4 is 0 Å². The van der Waals surface area contributed by atoms with Crippen LogP contribution in [0, 0.1) is 0 Å². The summed E-state index contributed by atoms with van der Waals surface area (Å²) in [6.45, 7) is -2.01. The molecular formula is C2H6BF3O. The molecule has 0 unspecified atom stereocenters. The lowest BCUT2D eigenvalue weighted by Gasteiger charge is -1.97. The largest absolute Gasteiger partial charge is 0.381 e. The highest BCUT2D eigenvalue weighted by atomic mass is 19.3. The molecule has 0 atom stereocenters. The Balaban J connectivity index is 0. The minimum absolute atomic E-state index is 0. The zero-order valence-corrected chi connectivity index (χ0v) is 2.79. The Morgan fingerprint density at radius 1 is 1.43 bits per heavy atom. The molecule has 0 spiro atoms. The Bertz CT molecular complexity index is 42.7. The molecule has 0 aliphatic carbocycles. The third kappa shape index (κ3) is 10.7. The molecule has 0 saturated heterocycles. The first-order valence-corrected chi connectivity index (χ1v) is 1.22. The fourth-order valence-corrected chi connectivity index (χ4v) is 0. The van der Waals surface area contributed by atoms with E-state index in [9.17, 15) is 13.2 Å². The summed E-state index contributed by atoms with van der Waals surface area (Å²) in [7, 11) is 0. The molecule has 0 aromatic carbocycles. The molecule has 0 radical (unpaired) electrons. The van der Waals surface area contributed by atoms with Crippen LogP contribution in [0.1, 0.15) is 0 Å². The van der Waals surface area contributed by atoms with Crippen molar-refractivity contribution in [1.82, 2.24) is 0 Å². The van der Waals surface area contributed by atoms with Gasteiger partial charge < -0.3 is 5.11 Å². The van der Waals surface area contributed by atoms with Crippen molar-refractivity contribution >= 4 is 8.41 Å². The first kappa shape index (κ1) is 9.94. The van der Waals surface area contributed by atoms with Crippen molar-refractivity contribution < 1.29 is 18.3 Å². The van der Waals surface area contributed by atoms with Crippen molar-refractivity contribution in [1.29, 1.82) is 0 Å². The van der Waals surface area contributed by atoms with E-state index in [1.54, 1.807) is 0 Å². The predicted molar refractivity (Wildman–Crippen MR) is 23.1 cm³/mol. The van der Waals surface area contributed by atoms with Gasteiger partial charge in [0, 0.05) is 0 Å². The van der Waals surface area contributed by atoms with Crippen molar-refractivity contribution in [2.24, 2.45) is 0 Å². The van der Waals surface area contributed by atoms with Crippen LogP contribution in [0.25, 0.3) is 0 Å². The Morgan fingerprint density at radius 3 is 1.57 bits per heavy atom. The van der Waals surface area contributed by atoms with Crippen LogP contribution in [0.5, 0.6) is 0 Å². The molecule has 0 fully saturated rings. The molecule has 0 heterocycles. The van der Waals surface area contributed by atoms with Crippen LogP contribution in [-0.4, -0.2) is 26.3 Å². The number of hydrogen-bond donors (Lipinski definition) is 1. The predicted octanol–water partition coefficient (Wildman–Crippen LogP) is -0.643. The zero-order valence-electron chi connectivity index (χ0n) is 2.79. The van der Waals surface area contributed by atoms with E-state index in [1.807, 2.05) is 0 Å². The van der Waals surface area contributed by atoms with Crippen molar-refractivity contribution in [3.8, 4) is 0 Å². The maximum Gasteiger partial charge on any atom is 0.381 e. The van der Waals surface area contributed by atoms with E-state index < -0.39 is 12.8 Å². The maximum atomic E-state index is 10.6. The minimum atomic E-state index is -4.12. The van der Waals surface area contributed by atoms with Crippen LogP contribution in [0.15, 0.2) is 0 Å². The molecule has 1 N–H and O–H groups in total. The second kappa shape index (κ2) is 2.90. The molecule has 5 heteroatoms. The van der Waals surface area contributed by atoms with E-state index in [-0.39, 0.29) is 8.41 Å². The average molecular weight is 114 g/mol. The molecule has 0 amide bonds. The third-order valence-corrected chi connectivity index (χ3v) is 0.161. The molecule has 1 nitrogen and oxygen atoms in total. The Morgan fingerprint density at radius 2 is 1.57 bits per heavy atom. The van der Waals surface area contributed by atoms with Gasteiger partial charge in [0.2, 0.25) is 0 Å². The SMILES string of the molecule is B.OC(F)(F)CF. The summed E-state index contributed by atoms with van der Waals surface area (Å²) in [6, 6.07) is 0. The normalized spacial score (nSPS) is 10.3. The molecule has 0 aromatic heterocycles. The van der Waals surface area contributed by atoms with E-state index in [0.29, 0.717) is 0 Å². The average Bonchev–Trinajstić information content (AvgIpc) is 1.35. The Labute approximate surface area is 40.7 Å². The fraction of sp³-hybridized carbons (Fsp3) is 1.00. The number of aliphatic hydroxyl groups is 1. The highest BCUT2D eigenvalue weighted by Crippen LogP contribution is 2.06. The summed E-state index contributed by atoms with van der Waals surface area (Å²) in [5.74, 6) is 0. The monoisotopic (exact) mass is 114 g/mol. The highest BCUT2D eigenvalue weighted by molar-refractivity contribution is 5.75. The van der Waals surface area contributed by atoms with Gasteiger partial charge in [-0.1, -0.05) is 0 Å². The van der Waals surface area contributed by atoms with Gasteiger partial charge in [0.05, 0.1) is 8.41 Å². The van der Waals surface area contributed by atoms with Crippen molar-refractivity contribution in [2.75, 3.05) is 6.67 Å². The van der Waals surface area contributed by atoms with Gasteiger partial charge in [0.25, 0.3) is 0 Å². The molecule has 0 saturated carbocycles. The lowest BCUT2D eigenvalue weighted by molar-refractivity contribution is -0.208. The number of halogens is 3. The quantitative estimate of drug-likeness (QED) is 0.449. The molecule has 44 valence electrons. The third-order valence-electron chi connectivity index (χ3n) is 0.161. The lowest BCUT2D eigenvalue weighted by atomic mass is 10.7. The molecule has 7 heavy (non-hydrogen) atoms. The van der Waals surface area contributed by atoms with Gasteiger partial charge in [-0.15, -0.1) is 0 Å². The molecular weight excluding hydrogens is 108 g/mol. The van der Waals surface area contributed by atoms with Crippen LogP contribution in [0.3, 0.4) is 0 Å². The van der Waals surface area contributed by atoms with Crippen molar-refractivity contribution in [3.05, 3.63) is 0 Å². The van der Waals surface area contributed by atoms with E-state index in [4.69, 9.17) is 5.11 Å². The Kier molecular flexibility index (Phi) is 4.12. The fourth-order valence-electron chi connectivity index (χ4n) is 0. The summed E-state index contributed by atoms with van der Waals surface area (Å²) < 4.78 is 31.8. The highest BCUT2D eigenvalue weighted by Gasteiger charge is 2.22.